The Labute approximate surface area is 204 Å². The molecule has 0 saturated carbocycles. The largest absolute Gasteiger partial charge is 0.483 e. The average molecular weight is 553 g/mol. The highest BCUT2D eigenvalue weighted by atomic mass is 79.9. The van der Waals surface area contributed by atoms with Crippen molar-refractivity contribution in [2.75, 3.05) is 11.9 Å². The zero-order chi connectivity index (χ0) is 24.3. The maximum atomic E-state index is 13.1. The molecule has 3 N–H and O–H groups in total. The van der Waals surface area contributed by atoms with Gasteiger partial charge in [-0.1, -0.05) is 27.5 Å². The number of halogens is 2. The van der Waals surface area contributed by atoms with E-state index in [2.05, 4.69) is 26.2 Å². The summed E-state index contributed by atoms with van der Waals surface area (Å²) in [5.74, 6) is -0.651. The van der Waals surface area contributed by atoms with E-state index in [-0.39, 0.29) is 22.1 Å². The van der Waals surface area contributed by atoms with E-state index in [0.29, 0.717) is 21.8 Å². The SMILES string of the molecule is Cc1cc(Br)cc(C(=O)c2cc(Cl)ccc2OCC(=O)Nc2cnc(S(N)(=O)=O)cc2C)c1. The molecule has 2 aromatic carbocycles. The van der Waals surface area contributed by atoms with Crippen LogP contribution in [0.4, 0.5) is 5.69 Å². The zero-order valence-electron chi connectivity index (χ0n) is 17.6. The molecule has 1 amide bonds. The molecule has 0 atom stereocenters. The lowest BCUT2D eigenvalue weighted by atomic mass is 10.0. The van der Waals surface area contributed by atoms with Gasteiger partial charge in [0.2, 0.25) is 0 Å². The van der Waals surface area contributed by atoms with Gasteiger partial charge in [-0.05, 0) is 67.4 Å². The van der Waals surface area contributed by atoms with Crippen LogP contribution in [0.5, 0.6) is 5.75 Å². The molecule has 172 valence electrons. The van der Waals surface area contributed by atoms with Crippen molar-refractivity contribution in [3.05, 3.63) is 80.4 Å². The molecule has 3 rings (SSSR count). The minimum absolute atomic E-state index is 0.191. The lowest BCUT2D eigenvalue weighted by Gasteiger charge is -2.13. The summed E-state index contributed by atoms with van der Waals surface area (Å²) in [4.78, 5) is 29.2. The number of sulfonamides is 1. The van der Waals surface area contributed by atoms with Crippen LogP contribution in [0.3, 0.4) is 0 Å². The lowest BCUT2D eigenvalue weighted by molar-refractivity contribution is -0.118. The fourth-order valence-corrected chi connectivity index (χ4v) is 4.30. The molecule has 0 aliphatic carbocycles. The summed E-state index contributed by atoms with van der Waals surface area (Å²) in [7, 11) is -3.96. The van der Waals surface area contributed by atoms with E-state index in [1.807, 2.05) is 13.0 Å². The number of aryl methyl sites for hydroxylation is 2. The Morgan fingerprint density at radius 3 is 2.52 bits per heavy atom. The van der Waals surface area contributed by atoms with Crippen molar-refractivity contribution in [3.8, 4) is 5.75 Å². The molecule has 1 heterocycles. The minimum atomic E-state index is -3.96. The first-order valence-electron chi connectivity index (χ1n) is 9.47. The monoisotopic (exact) mass is 551 g/mol. The van der Waals surface area contributed by atoms with E-state index in [1.165, 1.54) is 24.4 Å². The third-order valence-electron chi connectivity index (χ3n) is 4.50. The Kier molecular flexibility index (Phi) is 7.53. The fourth-order valence-electron chi connectivity index (χ4n) is 2.97. The number of ether oxygens (including phenoxy) is 1. The van der Waals surface area contributed by atoms with Gasteiger partial charge < -0.3 is 10.1 Å². The Balaban J connectivity index is 1.77. The van der Waals surface area contributed by atoms with Gasteiger partial charge in [0.1, 0.15) is 5.75 Å². The highest BCUT2D eigenvalue weighted by molar-refractivity contribution is 9.10. The molecule has 3 aromatic rings. The van der Waals surface area contributed by atoms with Crippen molar-refractivity contribution >= 4 is 54.9 Å². The first-order chi connectivity index (χ1) is 15.4. The minimum Gasteiger partial charge on any atom is -0.483 e. The van der Waals surface area contributed by atoms with E-state index in [0.717, 1.165) is 10.0 Å². The maximum Gasteiger partial charge on any atom is 0.262 e. The van der Waals surface area contributed by atoms with Crippen molar-refractivity contribution in [1.82, 2.24) is 4.98 Å². The molecule has 0 unspecified atom stereocenters. The fraction of sp³-hybridized carbons (Fsp3) is 0.136. The van der Waals surface area contributed by atoms with Gasteiger partial charge in [-0.25, -0.2) is 18.5 Å². The summed E-state index contributed by atoms with van der Waals surface area (Å²) in [6.07, 6.45) is 1.19. The lowest BCUT2D eigenvalue weighted by Crippen LogP contribution is -2.22. The zero-order valence-corrected chi connectivity index (χ0v) is 20.7. The number of anilines is 1. The van der Waals surface area contributed by atoms with Crippen LogP contribution in [-0.4, -0.2) is 31.7 Å². The Hall–Kier alpha value is -2.79. The van der Waals surface area contributed by atoms with Crippen molar-refractivity contribution < 1.29 is 22.7 Å². The number of amides is 1. The van der Waals surface area contributed by atoms with Crippen molar-refractivity contribution in [2.45, 2.75) is 18.9 Å². The second-order valence-electron chi connectivity index (χ2n) is 7.21. The summed E-state index contributed by atoms with van der Waals surface area (Å²) in [5, 5.41) is 7.69. The van der Waals surface area contributed by atoms with Gasteiger partial charge in [-0.3, -0.25) is 9.59 Å². The van der Waals surface area contributed by atoms with Crippen molar-refractivity contribution in [2.24, 2.45) is 5.14 Å². The van der Waals surface area contributed by atoms with E-state index < -0.39 is 22.5 Å². The summed E-state index contributed by atoms with van der Waals surface area (Å²) in [6.45, 7) is 3.06. The van der Waals surface area contributed by atoms with Crippen LogP contribution in [0.2, 0.25) is 5.02 Å². The molecule has 1 aromatic heterocycles. The third-order valence-corrected chi connectivity index (χ3v) is 6.00. The summed E-state index contributed by atoms with van der Waals surface area (Å²) in [6, 6.07) is 11.1. The molecule has 0 radical (unpaired) electrons. The van der Waals surface area contributed by atoms with Gasteiger partial charge in [0.05, 0.1) is 17.4 Å². The van der Waals surface area contributed by atoms with Crippen LogP contribution in [0.25, 0.3) is 0 Å². The molecule has 8 nitrogen and oxygen atoms in total. The molecule has 0 aliphatic rings. The Morgan fingerprint density at radius 2 is 1.88 bits per heavy atom. The topological polar surface area (TPSA) is 128 Å². The van der Waals surface area contributed by atoms with Crippen LogP contribution < -0.4 is 15.2 Å². The molecule has 0 fully saturated rings. The first kappa shape index (κ1) is 24.8. The number of nitrogens with one attached hydrogen (secondary N) is 1. The van der Waals surface area contributed by atoms with Gasteiger partial charge in [0.25, 0.3) is 15.9 Å². The normalized spacial score (nSPS) is 11.2. The molecular weight excluding hydrogens is 534 g/mol. The number of carbonyl (C=O) groups is 2. The van der Waals surface area contributed by atoms with Crippen LogP contribution in [0, 0.1) is 13.8 Å². The predicted octanol–water partition coefficient (Wildman–Crippen LogP) is 4.01. The van der Waals surface area contributed by atoms with E-state index in [4.69, 9.17) is 21.5 Å². The second-order valence-corrected chi connectivity index (χ2v) is 10.1. The van der Waals surface area contributed by atoms with Crippen LogP contribution in [-0.2, 0) is 14.8 Å². The highest BCUT2D eigenvalue weighted by Gasteiger charge is 2.18. The smallest absolute Gasteiger partial charge is 0.262 e. The van der Waals surface area contributed by atoms with Gasteiger partial charge in [0, 0.05) is 15.1 Å². The number of hydrogen-bond donors (Lipinski definition) is 2. The van der Waals surface area contributed by atoms with Crippen molar-refractivity contribution in [1.29, 1.82) is 0 Å². The summed E-state index contributed by atoms with van der Waals surface area (Å²) >= 11 is 9.47. The Morgan fingerprint density at radius 1 is 1.15 bits per heavy atom. The molecule has 0 aliphatic heterocycles. The summed E-state index contributed by atoms with van der Waals surface area (Å²) < 4.78 is 29.2. The molecule has 33 heavy (non-hydrogen) atoms. The molecule has 0 saturated heterocycles. The van der Waals surface area contributed by atoms with Gasteiger partial charge in [0.15, 0.2) is 17.4 Å². The summed E-state index contributed by atoms with van der Waals surface area (Å²) in [5.41, 5.74) is 2.30. The molecule has 11 heteroatoms. The third kappa shape index (κ3) is 6.38. The van der Waals surface area contributed by atoms with Gasteiger partial charge >= 0.3 is 0 Å². The number of pyridine rings is 1. The van der Waals surface area contributed by atoms with Crippen LogP contribution in [0.1, 0.15) is 27.0 Å². The van der Waals surface area contributed by atoms with E-state index >= 15 is 0 Å². The Bertz CT molecular complexity index is 1340. The number of ketones is 1. The van der Waals surface area contributed by atoms with Crippen molar-refractivity contribution in [3.63, 3.8) is 0 Å². The number of nitrogens with zero attached hydrogens (tertiary/aromatic N) is 1. The quantitative estimate of drug-likeness (QED) is 0.426. The second kappa shape index (κ2) is 10.0. The van der Waals surface area contributed by atoms with Crippen LogP contribution in [0.15, 0.2) is 58.2 Å². The first-order valence-corrected chi connectivity index (χ1v) is 12.2. The number of nitrogens with two attached hydrogens (primary N) is 1. The molecular formula is C22H19BrClN3O5S. The standard InChI is InChI=1S/C22H19BrClN3O5S/c1-12-5-14(8-15(23)6-12)22(29)17-9-16(24)3-4-19(17)32-11-20(28)27-18-10-26-21(7-13(18)2)33(25,30)31/h3-10H,11H2,1-2H3,(H,27,28)(H2,25,30,31). The number of hydrogen-bond acceptors (Lipinski definition) is 6. The van der Waals surface area contributed by atoms with Gasteiger partial charge in [-0.15, -0.1) is 0 Å². The number of carbonyl (C=O) groups excluding carboxylic acids is 2. The maximum absolute atomic E-state index is 13.1. The number of benzene rings is 2. The van der Waals surface area contributed by atoms with Crippen LogP contribution >= 0.6 is 27.5 Å². The number of rotatable bonds is 7. The average Bonchev–Trinajstić information content (AvgIpc) is 2.72. The highest BCUT2D eigenvalue weighted by Crippen LogP contribution is 2.27. The number of primary sulfonamides is 1. The van der Waals surface area contributed by atoms with E-state index in [1.54, 1.807) is 25.1 Å². The predicted molar refractivity (Wildman–Crippen MR) is 128 cm³/mol. The van der Waals surface area contributed by atoms with Gasteiger partial charge in [-0.2, -0.15) is 0 Å². The molecule has 0 spiro atoms. The molecule has 0 bridgehead atoms. The van der Waals surface area contributed by atoms with E-state index in [9.17, 15) is 18.0 Å². The number of aromatic nitrogens is 1.